The summed E-state index contributed by atoms with van der Waals surface area (Å²) in [5, 5.41) is 8.23. The Hall–Kier alpha value is -2.76. The standard InChI is InChI=1S/C23H27FN4O/c1-15(2)18-6-4-17(5-7-18)10-22(29)27-16(3)20-11-19-12-26-28(21(19)13-25-20)14-23(24)8-9-23/h4-7,11-13,15-16H,8-10,14H2,1-3H3,(H,27,29)/t16-/m1/s1. The van der Waals surface area contributed by atoms with E-state index in [9.17, 15) is 9.18 Å². The molecule has 4 rings (SSSR count). The summed E-state index contributed by atoms with van der Waals surface area (Å²) in [6.07, 6.45) is 4.99. The molecule has 1 fully saturated rings. The van der Waals surface area contributed by atoms with Crippen LogP contribution in [-0.4, -0.2) is 26.3 Å². The number of halogens is 1. The van der Waals surface area contributed by atoms with E-state index in [4.69, 9.17) is 0 Å². The highest BCUT2D eigenvalue weighted by molar-refractivity contribution is 5.80. The van der Waals surface area contributed by atoms with E-state index in [0.29, 0.717) is 25.2 Å². The number of carbonyl (C=O) groups is 1. The van der Waals surface area contributed by atoms with E-state index in [0.717, 1.165) is 22.2 Å². The zero-order chi connectivity index (χ0) is 20.6. The van der Waals surface area contributed by atoms with Crippen LogP contribution < -0.4 is 5.32 Å². The van der Waals surface area contributed by atoms with Crippen LogP contribution in [0.4, 0.5) is 4.39 Å². The monoisotopic (exact) mass is 394 g/mol. The van der Waals surface area contributed by atoms with E-state index < -0.39 is 5.67 Å². The van der Waals surface area contributed by atoms with Crippen molar-refractivity contribution in [3.05, 3.63) is 59.5 Å². The molecule has 0 aliphatic heterocycles. The van der Waals surface area contributed by atoms with Crippen molar-refractivity contribution < 1.29 is 9.18 Å². The van der Waals surface area contributed by atoms with Crippen molar-refractivity contribution in [2.75, 3.05) is 0 Å². The van der Waals surface area contributed by atoms with Crippen molar-refractivity contribution in [2.45, 2.75) is 64.2 Å². The van der Waals surface area contributed by atoms with Crippen LogP contribution in [0.3, 0.4) is 0 Å². The lowest BCUT2D eigenvalue weighted by atomic mass is 10.0. The molecule has 0 saturated heterocycles. The molecule has 1 aliphatic carbocycles. The summed E-state index contributed by atoms with van der Waals surface area (Å²) in [4.78, 5) is 16.9. The van der Waals surface area contributed by atoms with Crippen LogP contribution in [0.2, 0.25) is 0 Å². The smallest absolute Gasteiger partial charge is 0.224 e. The first-order chi connectivity index (χ1) is 13.8. The lowest BCUT2D eigenvalue weighted by Crippen LogP contribution is -2.28. The Morgan fingerprint density at radius 1 is 1.21 bits per heavy atom. The third-order valence-electron chi connectivity index (χ3n) is 5.61. The predicted octanol–water partition coefficient (Wildman–Crippen LogP) is 4.48. The molecule has 0 bridgehead atoms. The molecule has 152 valence electrons. The highest BCUT2D eigenvalue weighted by atomic mass is 19.1. The number of amides is 1. The van der Waals surface area contributed by atoms with Crippen LogP contribution in [0.15, 0.2) is 42.7 Å². The normalized spacial score (nSPS) is 16.2. The van der Waals surface area contributed by atoms with Gasteiger partial charge in [0, 0.05) is 5.39 Å². The summed E-state index contributed by atoms with van der Waals surface area (Å²) in [5.74, 6) is 0.434. The molecule has 1 aliphatic rings. The Balaban J connectivity index is 1.40. The minimum atomic E-state index is -1.10. The lowest BCUT2D eigenvalue weighted by Gasteiger charge is -2.14. The summed E-state index contributed by atoms with van der Waals surface area (Å²) in [7, 11) is 0. The fourth-order valence-electron chi connectivity index (χ4n) is 3.49. The van der Waals surface area contributed by atoms with Gasteiger partial charge in [-0.05, 0) is 42.9 Å². The van der Waals surface area contributed by atoms with Crippen molar-refractivity contribution in [3.8, 4) is 0 Å². The van der Waals surface area contributed by atoms with Crippen LogP contribution in [0.5, 0.6) is 0 Å². The highest BCUT2D eigenvalue weighted by Crippen LogP contribution is 2.41. The number of aromatic nitrogens is 3. The molecule has 2 aromatic heterocycles. The Bertz CT molecular complexity index is 1020. The third-order valence-corrected chi connectivity index (χ3v) is 5.61. The summed E-state index contributed by atoms with van der Waals surface area (Å²) in [6, 6.07) is 9.87. The molecule has 5 nitrogen and oxygen atoms in total. The predicted molar refractivity (Wildman–Crippen MR) is 111 cm³/mol. The first-order valence-corrected chi connectivity index (χ1v) is 10.2. The first-order valence-electron chi connectivity index (χ1n) is 10.2. The molecular weight excluding hydrogens is 367 g/mol. The van der Waals surface area contributed by atoms with E-state index >= 15 is 0 Å². The number of benzene rings is 1. The lowest BCUT2D eigenvalue weighted by molar-refractivity contribution is -0.121. The van der Waals surface area contributed by atoms with Crippen LogP contribution >= 0.6 is 0 Å². The van der Waals surface area contributed by atoms with Gasteiger partial charge in [0.25, 0.3) is 0 Å². The van der Waals surface area contributed by atoms with E-state index in [2.05, 4.69) is 41.4 Å². The number of hydrogen-bond acceptors (Lipinski definition) is 3. The Kier molecular flexibility index (Phi) is 5.11. The second kappa shape index (κ2) is 7.58. The topological polar surface area (TPSA) is 59.8 Å². The van der Waals surface area contributed by atoms with Gasteiger partial charge in [0.05, 0.1) is 42.6 Å². The summed E-state index contributed by atoms with van der Waals surface area (Å²) in [6.45, 7) is 6.50. The van der Waals surface area contributed by atoms with Gasteiger partial charge in [-0.1, -0.05) is 38.1 Å². The molecule has 0 unspecified atom stereocenters. The van der Waals surface area contributed by atoms with Gasteiger partial charge in [-0.15, -0.1) is 0 Å². The highest BCUT2D eigenvalue weighted by Gasteiger charge is 2.44. The van der Waals surface area contributed by atoms with Crippen LogP contribution in [0.1, 0.15) is 62.4 Å². The molecule has 1 saturated carbocycles. The SMILES string of the molecule is CC(C)c1ccc(CC(=O)N[C@H](C)c2cc3cnn(CC4(F)CC4)c3cn2)cc1. The second-order valence-electron chi connectivity index (χ2n) is 8.48. The number of alkyl halides is 1. The number of nitrogens with zero attached hydrogens (tertiary/aromatic N) is 3. The van der Waals surface area contributed by atoms with Gasteiger partial charge in [-0.3, -0.25) is 14.5 Å². The molecule has 3 aromatic rings. The quantitative estimate of drug-likeness (QED) is 0.643. The largest absolute Gasteiger partial charge is 0.348 e. The zero-order valence-electron chi connectivity index (χ0n) is 17.2. The van der Waals surface area contributed by atoms with Gasteiger partial charge >= 0.3 is 0 Å². The third kappa shape index (κ3) is 4.47. The average Bonchev–Trinajstić information content (AvgIpc) is 3.28. The molecule has 0 radical (unpaired) electrons. The number of hydrogen-bond donors (Lipinski definition) is 1. The molecule has 1 amide bonds. The molecule has 1 atom stereocenters. The van der Waals surface area contributed by atoms with Crippen molar-refractivity contribution >= 4 is 16.8 Å². The molecular formula is C23H27FN4O. The van der Waals surface area contributed by atoms with Gasteiger partial charge in [0.15, 0.2) is 0 Å². The number of fused-ring (bicyclic) bond motifs is 1. The minimum absolute atomic E-state index is 0.0412. The summed E-state index contributed by atoms with van der Waals surface area (Å²) < 4.78 is 15.7. The van der Waals surface area contributed by atoms with Crippen LogP contribution in [0.25, 0.3) is 10.9 Å². The Morgan fingerprint density at radius 3 is 2.59 bits per heavy atom. The molecule has 29 heavy (non-hydrogen) atoms. The maximum Gasteiger partial charge on any atom is 0.224 e. The van der Waals surface area contributed by atoms with Crippen molar-refractivity contribution in [3.63, 3.8) is 0 Å². The van der Waals surface area contributed by atoms with Crippen molar-refractivity contribution in [1.82, 2.24) is 20.1 Å². The van der Waals surface area contributed by atoms with E-state index in [1.165, 1.54) is 5.56 Å². The van der Waals surface area contributed by atoms with E-state index in [1.54, 1.807) is 17.1 Å². The number of carbonyl (C=O) groups excluding carboxylic acids is 1. The van der Waals surface area contributed by atoms with E-state index in [1.807, 2.05) is 25.1 Å². The fourth-order valence-corrected chi connectivity index (χ4v) is 3.49. The maximum absolute atomic E-state index is 14.1. The molecule has 6 heteroatoms. The van der Waals surface area contributed by atoms with Gasteiger partial charge in [-0.2, -0.15) is 5.10 Å². The second-order valence-corrected chi connectivity index (χ2v) is 8.48. The van der Waals surface area contributed by atoms with Crippen LogP contribution in [0, 0.1) is 0 Å². The summed E-state index contributed by atoms with van der Waals surface area (Å²) in [5.41, 5.74) is 2.74. The Morgan fingerprint density at radius 2 is 1.93 bits per heavy atom. The fraction of sp³-hybridized carbons (Fsp3) is 0.435. The average molecular weight is 394 g/mol. The van der Waals surface area contributed by atoms with Gasteiger partial charge in [0.1, 0.15) is 5.67 Å². The van der Waals surface area contributed by atoms with Crippen LogP contribution in [-0.2, 0) is 17.8 Å². The number of nitrogens with one attached hydrogen (secondary N) is 1. The molecule has 1 aromatic carbocycles. The minimum Gasteiger partial charge on any atom is -0.348 e. The van der Waals surface area contributed by atoms with Gasteiger partial charge in [-0.25, -0.2) is 4.39 Å². The van der Waals surface area contributed by atoms with E-state index in [-0.39, 0.29) is 18.5 Å². The summed E-state index contributed by atoms with van der Waals surface area (Å²) >= 11 is 0. The van der Waals surface area contributed by atoms with Gasteiger partial charge < -0.3 is 5.32 Å². The zero-order valence-corrected chi connectivity index (χ0v) is 17.2. The molecule has 2 heterocycles. The first kappa shape index (κ1) is 19.6. The Labute approximate surface area is 170 Å². The number of pyridine rings is 1. The molecule has 0 spiro atoms. The number of rotatable bonds is 7. The maximum atomic E-state index is 14.1. The molecule has 1 N–H and O–H groups in total. The van der Waals surface area contributed by atoms with Crippen molar-refractivity contribution in [1.29, 1.82) is 0 Å². The van der Waals surface area contributed by atoms with Crippen molar-refractivity contribution in [2.24, 2.45) is 0 Å². The van der Waals surface area contributed by atoms with Gasteiger partial charge in [0.2, 0.25) is 5.91 Å².